The van der Waals surface area contributed by atoms with Crippen molar-refractivity contribution in [1.82, 2.24) is 14.6 Å². The lowest BCUT2D eigenvalue weighted by atomic mass is 9.84. The summed E-state index contributed by atoms with van der Waals surface area (Å²) in [6, 6.07) is 8.80. The van der Waals surface area contributed by atoms with E-state index in [1.54, 1.807) is 65.0 Å². The second kappa shape index (κ2) is 11.7. The van der Waals surface area contributed by atoms with E-state index in [0.717, 1.165) is 0 Å². The maximum atomic E-state index is 13.8. The number of ether oxygens (including phenoxy) is 2. The number of anilines is 1. The smallest absolute Gasteiger partial charge is 0.459 e. The molecular formula is C24H35N4O8P. The molecule has 0 amide bonds. The lowest BCUT2D eigenvalue weighted by molar-refractivity contribution is -0.149. The van der Waals surface area contributed by atoms with Crippen molar-refractivity contribution in [2.75, 3.05) is 12.3 Å². The summed E-state index contributed by atoms with van der Waals surface area (Å²) in [6.07, 6.45) is -1.68. The predicted octanol–water partition coefficient (Wildman–Crippen LogP) is 2.63. The van der Waals surface area contributed by atoms with Crippen LogP contribution >= 0.6 is 7.75 Å². The molecule has 1 saturated heterocycles. The Morgan fingerprint density at radius 3 is 2.57 bits per heavy atom. The zero-order chi connectivity index (χ0) is 27.4. The van der Waals surface area contributed by atoms with Crippen molar-refractivity contribution >= 4 is 19.5 Å². The van der Waals surface area contributed by atoms with Crippen LogP contribution < -0.4 is 21.0 Å². The molecule has 1 aromatic heterocycles. The highest BCUT2D eigenvalue weighted by molar-refractivity contribution is 7.52. The highest BCUT2D eigenvalue weighted by Crippen LogP contribution is 2.49. The Morgan fingerprint density at radius 2 is 1.97 bits per heavy atom. The van der Waals surface area contributed by atoms with Gasteiger partial charge < -0.3 is 24.8 Å². The number of carbonyl (C=O) groups excluding carboxylic acids is 1. The van der Waals surface area contributed by atoms with Gasteiger partial charge in [0.15, 0.2) is 0 Å². The molecule has 13 heteroatoms. The molecule has 5 atom stereocenters. The molecule has 2 aromatic rings. The lowest BCUT2D eigenvalue weighted by Gasteiger charge is -2.29. The summed E-state index contributed by atoms with van der Waals surface area (Å²) in [5.74, 6) is -0.299. The summed E-state index contributed by atoms with van der Waals surface area (Å²) >= 11 is 0. The summed E-state index contributed by atoms with van der Waals surface area (Å²) in [5.41, 5.74) is 4.00. The van der Waals surface area contributed by atoms with Crippen molar-refractivity contribution in [3.8, 4) is 5.75 Å². The van der Waals surface area contributed by atoms with E-state index in [1.165, 1.54) is 16.8 Å². The molecule has 0 aliphatic carbocycles. The minimum Gasteiger partial charge on any atom is -0.462 e. The minimum absolute atomic E-state index is 0.0593. The number of nitrogens with one attached hydrogen (secondary N) is 1. The van der Waals surface area contributed by atoms with Gasteiger partial charge in [-0.25, -0.2) is 9.36 Å². The van der Waals surface area contributed by atoms with Crippen molar-refractivity contribution in [3.05, 3.63) is 53.1 Å². The molecule has 0 bridgehead atoms. The van der Waals surface area contributed by atoms with E-state index in [2.05, 4.69) is 10.1 Å². The van der Waals surface area contributed by atoms with Crippen LogP contribution in [0.1, 0.15) is 47.3 Å². The number of esters is 1. The van der Waals surface area contributed by atoms with Gasteiger partial charge in [0, 0.05) is 11.6 Å². The highest BCUT2D eigenvalue weighted by Gasteiger charge is 2.52. The standard InChI is InChI=1S/C24H35N4O8P/c1-6-17(21(30)34-15(2)3)27-37(32,36-16-10-8-7-9-11-16)33-14-18-20(29)24(4,5)22(35-18)28-13-12-19(25)26-23(28)31/h7-13,15,17-18,20,22,29H,6,14H2,1-5H3,(H,27,32)(H2,25,26,31)/t17-,18+,20+,22+,37?/m0/s1. The Bertz CT molecular complexity index is 1170. The second-order valence-corrected chi connectivity index (χ2v) is 11.3. The first kappa shape index (κ1) is 28.8. The van der Waals surface area contributed by atoms with E-state index in [0.29, 0.717) is 0 Å². The van der Waals surface area contributed by atoms with Crippen molar-refractivity contribution < 1.29 is 33.0 Å². The van der Waals surface area contributed by atoms with Gasteiger partial charge in [-0.3, -0.25) is 13.9 Å². The Hall–Kier alpha value is -2.76. The largest absolute Gasteiger partial charge is 0.462 e. The minimum atomic E-state index is -4.18. The number of carbonyl (C=O) groups is 1. The molecule has 2 heterocycles. The van der Waals surface area contributed by atoms with Crippen LogP contribution in [0.5, 0.6) is 5.75 Å². The van der Waals surface area contributed by atoms with Crippen LogP contribution in [-0.4, -0.2) is 51.6 Å². The number of rotatable bonds is 11. The SMILES string of the molecule is CC[C@H](NP(=O)(OC[C@H]1O[C@@H](n2ccc(N)nc2=O)C(C)(C)[C@@H]1O)Oc1ccccc1)C(=O)OC(C)C. The van der Waals surface area contributed by atoms with Crippen LogP contribution in [-0.2, 0) is 23.4 Å². The van der Waals surface area contributed by atoms with Crippen molar-refractivity contribution in [1.29, 1.82) is 0 Å². The van der Waals surface area contributed by atoms with Gasteiger partial charge in [0.1, 0.15) is 29.9 Å². The van der Waals surface area contributed by atoms with E-state index in [4.69, 9.17) is 24.3 Å². The van der Waals surface area contributed by atoms with E-state index in [9.17, 15) is 19.3 Å². The molecule has 1 fully saturated rings. The molecule has 1 aromatic carbocycles. The Kier molecular flexibility index (Phi) is 9.14. The fourth-order valence-corrected chi connectivity index (χ4v) is 5.49. The molecule has 37 heavy (non-hydrogen) atoms. The van der Waals surface area contributed by atoms with Crippen molar-refractivity contribution in [2.24, 2.45) is 5.41 Å². The van der Waals surface area contributed by atoms with E-state index >= 15 is 0 Å². The normalized spacial score (nSPS) is 23.4. The van der Waals surface area contributed by atoms with Gasteiger partial charge in [-0.15, -0.1) is 0 Å². The number of nitrogens with two attached hydrogens (primary N) is 1. The second-order valence-electron chi connectivity index (χ2n) is 9.61. The first-order valence-electron chi connectivity index (χ1n) is 12.0. The summed E-state index contributed by atoms with van der Waals surface area (Å²) < 4.78 is 37.7. The van der Waals surface area contributed by atoms with Crippen LogP contribution in [0.25, 0.3) is 0 Å². The number of aliphatic hydroxyl groups is 1. The summed E-state index contributed by atoms with van der Waals surface area (Å²) in [6.45, 7) is 8.21. The maximum Gasteiger partial charge on any atom is 0.459 e. The molecule has 0 spiro atoms. The van der Waals surface area contributed by atoms with Gasteiger partial charge in [-0.05, 0) is 38.5 Å². The maximum absolute atomic E-state index is 13.8. The van der Waals surface area contributed by atoms with E-state index in [1.807, 2.05) is 0 Å². The average Bonchev–Trinajstić information content (AvgIpc) is 3.05. The number of hydrogen-bond acceptors (Lipinski definition) is 10. The van der Waals surface area contributed by atoms with Gasteiger partial charge in [-0.2, -0.15) is 10.1 Å². The van der Waals surface area contributed by atoms with Crippen molar-refractivity contribution in [3.63, 3.8) is 0 Å². The molecule has 0 radical (unpaired) electrons. The van der Waals surface area contributed by atoms with Gasteiger partial charge in [0.2, 0.25) is 0 Å². The Balaban J connectivity index is 1.82. The molecule has 1 aliphatic heterocycles. The third-order valence-corrected chi connectivity index (χ3v) is 7.46. The monoisotopic (exact) mass is 538 g/mol. The molecule has 0 saturated carbocycles. The number of nitrogen functional groups attached to an aromatic ring is 1. The first-order valence-corrected chi connectivity index (χ1v) is 13.6. The highest BCUT2D eigenvalue weighted by atomic mass is 31.2. The fraction of sp³-hybridized carbons (Fsp3) is 0.542. The number of aliphatic hydroxyl groups excluding tert-OH is 1. The first-order chi connectivity index (χ1) is 17.4. The Morgan fingerprint density at radius 1 is 1.30 bits per heavy atom. The van der Waals surface area contributed by atoms with E-state index < -0.39 is 49.3 Å². The van der Waals surface area contributed by atoms with Crippen LogP contribution in [0.2, 0.25) is 0 Å². The zero-order valence-corrected chi connectivity index (χ0v) is 22.5. The van der Waals surface area contributed by atoms with Crippen LogP contribution in [0.3, 0.4) is 0 Å². The molecular weight excluding hydrogens is 503 g/mol. The van der Waals surface area contributed by atoms with Crippen molar-refractivity contribution in [2.45, 2.75) is 71.6 Å². The third kappa shape index (κ3) is 6.97. The lowest BCUT2D eigenvalue weighted by Crippen LogP contribution is -2.40. The van der Waals surface area contributed by atoms with Gasteiger partial charge in [-0.1, -0.05) is 39.0 Å². The number of hydrogen-bond donors (Lipinski definition) is 3. The van der Waals surface area contributed by atoms with Gasteiger partial charge >= 0.3 is 19.4 Å². The molecule has 1 aliphatic rings. The quantitative estimate of drug-likeness (QED) is 0.284. The Labute approximate surface area is 215 Å². The fourth-order valence-electron chi connectivity index (χ4n) is 3.90. The number of aromatic nitrogens is 2. The van der Waals surface area contributed by atoms with Gasteiger partial charge in [0.05, 0.1) is 18.8 Å². The van der Waals surface area contributed by atoms with Gasteiger partial charge in [0.25, 0.3) is 0 Å². The molecule has 204 valence electrons. The van der Waals surface area contributed by atoms with Crippen LogP contribution in [0.15, 0.2) is 47.4 Å². The summed E-state index contributed by atoms with van der Waals surface area (Å²) in [7, 11) is -4.18. The van der Waals surface area contributed by atoms with Crippen LogP contribution in [0.4, 0.5) is 5.82 Å². The third-order valence-electron chi connectivity index (χ3n) is 5.89. The summed E-state index contributed by atoms with van der Waals surface area (Å²) in [4.78, 5) is 28.7. The zero-order valence-electron chi connectivity index (χ0n) is 21.6. The molecule has 4 N–H and O–H groups in total. The topological polar surface area (TPSA) is 164 Å². The molecule has 3 rings (SSSR count). The van der Waals surface area contributed by atoms with E-state index in [-0.39, 0.29) is 30.7 Å². The molecule has 1 unspecified atom stereocenters. The summed E-state index contributed by atoms with van der Waals surface area (Å²) in [5, 5.41) is 13.7. The molecule has 12 nitrogen and oxygen atoms in total. The van der Waals surface area contributed by atoms with Crippen LogP contribution in [0, 0.1) is 5.41 Å². The predicted molar refractivity (Wildman–Crippen MR) is 136 cm³/mol. The number of para-hydroxylation sites is 1. The number of nitrogens with zero attached hydrogens (tertiary/aromatic N) is 2. The average molecular weight is 539 g/mol. The number of benzene rings is 1.